The Morgan fingerprint density at radius 1 is 1.07 bits per heavy atom. The summed E-state index contributed by atoms with van der Waals surface area (Å²) >= 11 is 0. The molecule has 8 heteroatoms. The Morgan fingerprint density at radius 3 is 2.62 bits per heavy atom. The average molecular weight is 387 g/mol. The van der Waals surface area contributed by atoms with E-state index in [1.165, 1.54) is 0 Å². The van der Waals surface area contributed by atoms with Gasteiger partial charge in [-0.3, -0.25) is 4.79 Å². The van der Waals surface area contributed by atoms with Gasteiger partial charge < -0.3 is 4.74 Å². The predicted molar refractivity (Wildman–Crippen MR) is 105 cm³/mol. The van der Waals surface area contributed by atoms with Crippen molar-refractivity contribution in [3.05, 3.63) is 82.4 Å². The second-order valence-electron chi connectivity index (χ2n) is 6.95. The Bertz CT molecular complexity index is 1260. The first-order valence-electron chi connectivity index (χ1n) is 9.36. The lowest BCUT2D eigenvalue weighted by atomic mass is 10.2. The van der Waals surface area contributed by atoms with E-state index in [-0.39, 0.29) is 12.3 Å². The molecular formula is C21H17N5O3. The Kier molecular flexibility index (Phi) is 4.16. The largest absolute Gasteiger partial charge is 0.437 e. The van der Waals surface area contributed by atoms with Gasteiger partial charge in [0.2, 0.25) is 0 Å². The summed E-state index contributed by atoms with van der Waals surface area (Å²) in [6.45, 7) is -0.325. The van der Waals surface area contributed by atoms with Gasteiger partial charge in [0.1, 0.15) is 5.52 Å². The zero-order valence-electron chi connectivity index (χ0n) is 15.4. The minimum absolute atomic E-state index is 0.319. The van der Waals surface area contributed by atoms with Crippen molar-refractivity contribution in [1.29, 1.82) is 0 Å². The van der Waals surface area contributed by atoms with Crippen LogP contribution in [0.5, 0.6) is 0 Å². The topological polar surface area (TPSA) is 91.9 Å². The summed E-state index contributed by atoms with van der Waals surface area (Å²) in [6, 6.07) is 18.1. The maximum Gasteiger partial charge on any atom is 0.358 e. The maximum absolute atomic E-state index is 12.8. The van der Waals surface area contributed by atoms with Gasteiger partial charge in [-0.05, 0) is 43.2 Å². The van der Waals surface area contributed by atoms with E-state index in [2.05, 4.69) is 15.4 Å². The minimum Gasteiger partial charge on any atom is -0.437 e. The van der Waals surface area contributed by atoms with E-state index in [4.69, 9.17) is 4.74 Å². The third kappa shape index (κ3) is 3.29. The number of esters is 1. The molecule has 0 saturated heterocycles. The van der Waals surface area contributed by atoms with E-state index in [0.29, 0.717) is 22.5 Å². The summed E-state index contributed by atoms with van der Waals surface area (Å²) < 4.78 is 8.00. The Hall–Kier alpha value is -3.81. The molecule has 0 N–H and O–H groups in total. The number of para-hydroxylation sites is 1. The third-order valence-electron chi connectivity index (χ3n) is 4.88. The van der Waals surface area contributed by atoms with Crippen LogP contribution in [-0.4, -0.2) is 30.7 Å². The highest BCUT2D eigenvalue weighted by Crippen LogP contribution is 2.39. The lowest BCUT2D eigenvalue weighted by Gasteiger charge is -2.08. The number of hydrogen-bond acceptors (Lipinski definition) is 6. The molecule has 0 amide bonds. The van der Waals surface area contributed by atoms with E-state index in [1.54, 1.807) is 35.0 Å². The van der Waals surface area contributed by atoms with Crippen molar-refractivity contribution in [2.24, 2.45) is 0 Å². The van der Waals surface area contributed by atoms with Gasteiger partial charge in [0.15, 0.2) is 12.4 Å². The van der Waals surface area contributed by atoms with Gasteiger partial charge in [-0.15, -0.1) is 5.10 Å². The lowest BCUT2D eigenvalue weighted by Crippen LogP contribution is -2.27. The first kappa shape index (κ1) is 17.3. The van der Waals surface area contributed by atoms with Crippen molar-refractivity contribution in [3.63, 3.8) is 0 Å². The van der Waals surface area contributed by atoms with Crippen LogP contribution in [0.25, 0.3) is 16.6 Å². The predicted octanol–water partition coefficient (Wildman–Crippen LogP) is 2.67. The zero-order valence-corrected chi connectivity index (χ0v) is 15.4. The molecule has 0 atom stereocenters. The second-order valence-corrected chi connectivity index (χ2v) is 6.95. The van der Waals surface area contributed by atoms with E-state index in [9.17, 15) is 9.59 Å². The SMILES string of the molecule is O=C(OCn1nnc2ccccc2c1=O)c1cc(C2CC2)nn1-c1ccccc1. The molecule has 0 bridgehead atoms. The molecule has 2 aromatic carbocycles. The van der Waals surface area contributed by atoms with Gasteiger partial charge in [0, 0.05) is 5.92 Å². The standard InChI is InChI=1S/C21H17N5O3/c27-20-16-8-4-5-9-17(16)22-24-25(20)13-29-21(28)19-12-18(14-10-11-14)23-26(19)15-6-2-1-3-7-15/h1-9,12,14H,10-11,13H2. The number of hydrogen-bond donors (Lipinski definition) is 0. The number of ether oxygens (including phenoxy) is 1. The molecule has 29 heavy (non-hydrogen) atoms. The van der Waals surface area contributed by atoms with Crippen LogP contribution >= 0.6 is 0 Å². The molecular weight excluding hydrogens is 370 g/mol. The molecule has 144 valence electrons. The van der Waals surface area contributed by atoms with Crippen molar-refractivity contribution in [2.75, 3.05) is 0 Å². The van der Waals surface area contributed by atoms with Crippen LogP contribution in [0.4, 0.5) is 0 Å². The molecule has 2 heterocycles. The number of carbonyl (C=O) groups is 1. The number of aromatic nitrogens is 5. The molecule has 0 spiro atoms. The quantitative estimate of drug-likeness (QED) is 0.489. The van der Waals surface area contributed by atoms with Gasteiger partial charge in [-0.1, -0.05) is 35.5 Å². The number of fused-ring (bicyclic) bond motifs is 1. The van der Waals surface area contributed by atoms with E-state index < -0.39 is 5.97 Å². The van der Waals surface area contributed by atoms with Crippen LogP contribution < -0.4 is 5.56 Å². The molecule has 1 saturated carbocycles. The lowest BCUT2D eigenvalue weighted by molar-refractivity contribution is 0.0325. The number of rotatable bonds is 5. The minimum atomic E-state index is -0.574. The Morgan fingerprint density at radius 2 is 1.83 bits per heavy atom. The molecule has 5 rings (SSSR count). The summed E-state index contributed by atoms with van der Waals surface area (Å²) in [6.07, 6.45) is 2.14. The van der Waals surface area contributed by atoms with Gasteiger partial charge >= 0.3 is 5.97 Å². The number of benzene rings is 2. The second kappa shape index (κ2) is 6.97. The van der Waals surface area contributed by atoms with Crippen molar-refractivity contribution < 1.29 is 9.53 Å². The van der Waals surface area contributed by atoms with E-state index in [0.717, 1.165) is 28.9 Å². The fraction of sp³-hybridized carbons (Fsp3) is 0.190. The van der Waals surface area contributed by atoms with Gasteiger partial charge in [-0.25, -0.2) is 9.48 Å². The Balaban J connectivity index is 1.43. The summed E-state index contributed by atoms with van der Waals surface area (Å²) in [5.41, 5.74) is 2.10. The highest BCUT2D eigenvalue weighted by Gasteiger charge is 2.29. The summed E-state index contributed by atoms with van der Waals surface area (Å²) in [7, 11) is 0. The molecule has 0 unspecified atom stereocenters. The number of carbonyl (C=O) groups excluding carboxylic acids is 1. The summed E-state index contributed by atoms with van der Waals surface area (Å²) in [4.78, 5) is 25.3. The number of nitrogens with zero attached hydrogens (tertiary/aromatic N) is 5. The fourth-order valence-corrected chi connectivity index (χ4v) is 3.19. The molecule has 4 aromatic rings. The highest BCUT2D eigenvalue weighted by atomic mass is 16.5. The first-order valence-corrected chi connectivity index (χ1v) is 9.36. The fourth-order valence-electron chi connectivity index (χ4n) is 3.19. The van der Waals surface area contributed by atoms with Crippen molar-refractivity contribution in [3.8, 4) is 5.69 Å². The normalized spacial score (nSPS) is 13.5. The summed E-state index contributed by atoms with van der Waals surface area (Å²) in [5.74, 6) is -0.185. The zero-order chi connectivity index (χ0) is 19.8. The molecule has 1 fully saturated rings. The van der Waals surface area contributed by atoms with E-state index >= 15 is 0 Å². The molecule has 1 aliphatic rings. The molecule has 0 radical (unpaired) electrons. The van der Waals surface area contributed by atoms with Crippen molar-refractivity contribution in [2.45, 2.75) is 25.5 Å². The third-order valence-corrected chi connectivity index (χ3v) is 4.88. The smallest absolute Gasteiger partial charge is 0.358 e. The average Bonchev–Trinajstić information content (AvgIpc) is 3.52. The van der Waals surface area contributed by atoms with Gasteiger partial charge in [0.25, 0.3) is 5.56 Å². The molecule has 2 aromatic heterocycles. The van der Waals surface area contributed by atoms with Crippen LogP contribution in [0.2, 0.25) is 0 Å². The molecule has 1 aliphatic carbocycles. The highest BCUT2D eigenvalue weighted by molar-refractivity contribution is 5.88. The van der Waals surface area contributed by atoms with Crippen LogP contribution in [0.3, 0.4) is 0 Å². The van der Waals surface area contributed by atoms with Crippen LogP contribution in [0.1, 0.15) is 34.9 Å². The van der Waals surface area contributed by atoms with Gasteiger partial charge in [-0.2, -0.15) is 9.78 Å². The van der Waals surface area contributed by atoms with E-state index in [1.807, 2.05) is 30.3 Å². The van der Waals surface area contributed by atoms with Crippen molar-refractivity contribution >= 4 is 16.9 Å². The Labute approximate surface area is 165 Å². The van der Waals surface area contributed by atoms with Crippen LogP contribution in [0, 0.1) is 0 Å². The first-order chi connectivity index (χ1) is 14.2. The van der Waals surface area contributed by atoms with Crippen LogP contribution in [0.15, 0.2) is 65.5 Å². The molecule has 8 nitrogen and oxygen atoms in total. The van der Waals surface area contributed by atoms with Crippen molar-refractivity contribution in [1.82, 2.24) is 24.8 Å². The maximum atomic E-state index is 12.8. The van der Waals surface area contributed by atoms with Crippen LogP contribution in [-0.2, 0) is 11.5 Å². The molecule has 0 aliphatic heterocycles. The summed E-state index contributed by atoms with van der Waals surface area (Å²) in [5, 5.41) is 12.9. The monoisotopic (exact) mass is 387 g/mol. The van der Waals surface area contributed by atoms with Gasteiger partial charge in [0.05, 0.1) is 16.8 Å².